The molecule has 1 aromatic rings. The molecular formula is C19H24N2O4S. The van der Waals surface area contributed by atoms with Gasteiger partial charge in [0, 0.05) is 30.8 Å². The van der Waals surface area contributed by atoms with Crippen molar-refractivity contribution in [3.8, 4) is 11.5 Å². The quantitative estimate of drug-likeness (QED) is 0.730. The molecule has 0 N–H and O–H groups in total. The Hall–Kier alpha value is -2.15. The molecule has 2 aliphatic rings. The number of amides is 2. The van der Waals surface area contributed by atoms with E-state index in [1.54, 1.807) is 20.3 Å². The largest absolute Gasteiger partial charge is 0.496 e. The molecule has 0 saturated carbocycles. The Morgan fingerprint density at radius 1 is 1.08 bits per heavy atom. The van der Waals surface area contributed by atoms with E-state index in [4.69, 9.17) is 9.47 Å². The zero-order valence-corrected chi connectivity index (χ0v) is 16.4. The van der Waals surface area contributed by atoms with Gasteiger partial charge in [0.15, 0.2) is 0 Å². The summed E-state index contributed by atoms with van der Waals surface area (Å²) in [5.41, 5.74) is 1.72. The number of rotatable bonds is 5. The van der Waals surface area contributed by atoms with Crippen LogP contribution in [-0.2, 0) is 4.79 Å². The van der Waals surface area contributed by atoms with Gasteiger partial charge < -0.3 is 14.4 Å². The predicted octanol–water partition coefficient (Wildman–Crippen LogP) is 3.75. The Balaban J connectivity index is 2.00. The van der Waals surface area contributed by atoms with Gasteiger partial charge in [-0.3, -0.25) is 14.5 Å². The summed E-state index contributed by atoms with van der Waals surface area (Å²) in [6.07, 6.45) is 4.04. The number of carbonyl (C=O) groups is 2. The van der Waals surface area contributed by atoms with Crippen LogP contribution in [0.25, 0.3) is 6.08 Å². The fourth-order valence-electron chi connectivity index (χ4n) is 3.29. The second-order valence-electron chi connectivity index (χ2n) is 6.61. The molecule has 0 spiro atoms. The maximum absolute atomic E-state index is 12.5. The van der Waals surface area contributed by atoms with E-state index in [2.05, 4.69) is 4.90 Å². The van der Waals surface area contributed by atoms with Gasteiger partial charge >= 0.3 is 0 Å². The van der Waals surface area contributed by atoms with Crippen LogP contribution in [0.3, 0.4) is 0 Å². The lowest BCUT2D eigenvalue weighted by Gasteiger charge is -2.22. The van der Waals surface area contributed by atoms with Gasteiger partial charge in [0.05, 0.1) is 24.8 Å². The third kappa shape index (κ3) is 3.40. The topological polar surface area (TPSA) is 59.1 Å². The maximum atomic E-state index is 12.5. The molecule has 0 aromatic heterocycles. The van der Waals surface area contributed by atoms with Gasteiger partial charge in [0.2, 0.25) is 0 Å². The van der Waals surface area contributed by atoms with Crippen molar-refractivity contribution in [3.63, 3.8) is 0 Å². The Morgan fingerprint density at radius 3 is 2.27 bits per heavy atom. The van der Waals surface area contributed by atoms with Crippen LogP contribution < -0.4 is 14.4 Å². The lowest BCUT2D eigenvalue weighted by Crippen LogP contribution is -2.34. The molecule has 2 amide bonds. The van der Waals surface area contributed by atoms with E-state index in [0.29, 0.717) is 10.7 Å². The average Bonchev–Trinajstić information content (AvgIpc) is 3.23. The van der Waals surface area contributed by atoms with Gasteiger partial charge in [-0.05, 0) is 50.6 Å². The van der Waals surface area contributed by atoms with Crippen molar-refractivity contribution in [3.05, 3.63) is 22.6 Å². The van der Waals surface area contributed by atoms with E-state index >= 15 is 0 Å². The fraction of sp³-hybridized carbons (Fsp3) is 0.474. The molecular weight excluding hydrogens is 352 g/mol. The van der Waals surface area contributed by atoms with E-state index in [0.717, 1.165) is 54.7 Å². The standard InChI is InChI=1S/C19H24N2O4S/c1-12(2)21-18(22)17(26-19(21)23)10-13-9-16(25-4)14(11-15(13)24-3)20-7-5-6-8-20/h9-12H,5-8H2,1-4H3. The molecule has 0 aliphatic carbocycles. The van der Waals surface area contributed by atoms with Crippen LogP contribution in [0.5, 0.6) is 11.5 Å². The van der Waals surface area contributed by atoms with Crippen LogP contribution in [0, 0.1) is 0 Å². The van der Waals surface area contributed by atoms with Gasteiger partial charge in [-0.2, -0.15) is 0 Å². The number of nitrogens with zero attached hydrogens (tertiary/aromatic N) is 2. The summed E-state index contributed by atoms with van der Waals surface area (Å²) in [5, 5.41) is -0.240. The number of carbonyl (C=O) groups excluding carboxylic acids is 2. The lowest BCUT2D eigenvalue weighted by atomic mass is 10.1. The third-order valence-corrected chi connectivity index (χ3v) is 5.49. The summed E-state index contributed by atoms with van der Waals surface area (Å²) < 4.78 is 11.1. The normalized spacial score (nSPS) is 19.2. The molecule has 0 unspecified atom stereocenters. The van der Waals surface area contributed by atoms with E-state index in [9.17, 15) is 9.59 Å². The third-order valence-electron chi connectivity index (χ3n) is 4.60. The molecule has 6 nitrogen and oxygen atoms in total. The van der Waals surface area contributed by atoms with Gasteiger partial charge in [0.25, 0.3) is 11.1 Å². The Bertz CT molecular complexity index is 754. The summed E-state index contributed by atoms with van der Waals surface area (Å²) in [6.45, 7) is 5.64. The number of hydrogen-bond donors (Lipinski definition) is 0. The lowest BCUT2D eigenvalue weighted by molar-refractivity contribution is -0.123. The Kier molecular flexibility index (Phi) is 5.46. The first-order valence-electron chi connectivity index (χ1n) is 8.74. The molecule has 2 fully saturated rings. The highest BCUT2D eigenvalue weighted by atomic mass is 32.2. The summed E-state index contributed by atoms with van der Waals surface area (Å²) in [6, 6.07) is 3.65. The van der Waals surface area contributed by atoms with E-state index in [1.165, 1.54) is 4.90 Å². The summed E-state index contributed by atoms with van der Waals surface area (Å²) in [7, 11) is 3.24. The number of imide groups is 1. The van der Waals surface area contributed by atoms with Crippen LogP contribution in [-0.4, -0.2) is 49.4 Å². The first-order valence-corrected chi connectivity index (χ1v) is 9.56. The molecule has 26 heavy (non-hydrogen) atoms. The minimum atomic E-state index is -0.264. The van der Waals surface area contributed by atoms with Crippen molar-refractivity contribution in [1.82, 2.24) is 4.90 Å². The highest BCUT2D eigenvalue weighted by molar-refractivity contribution is 8.18. The second kappa shape index (κ2) is 7.61. The molecule has 3 rings (SSSR count). The van der Waals surface area contributed by atoms with Crippen molar-refractivity contribution in [2.24, 2.45) is 0 Å². The summed E-state index contributed by atoms with van der Waals surface area (Å²) >= 11 is 0.959. The van der Waals surface area contributed by atoms with E-state index < -0.39 is 0 Å². The smallest absolute Gasteiger partial charge is 0.293 e. The first kappa shape index (κ1) is 18.6. The van der Waals surface area contributed by atoms with Crippen LogP contribution in [0.15, 0.2) is 17.0 Å². The van der Waals surface area contributed by atoms with Crippen molar-refractivity contribution in [2.45, 2.75) is 32.7 Å². The maximum Gasteiger partial charge on any atom is 0.293 e. The molecule has 140 valence electrons. The molecule has 0 atom stereocenters. The minimum absolute atomic E-state index is 0.164. The number of benzene rings is 1. The predicted molar refractivity (Wildman–Crippen MR) is 104 cm³/mol. The molecule has 2 heterocycles. The van der Waals surface area contributed by atoms with Crippen LogP contribution in [0.2, 0.25) is 0 Å². The van der Waals surface area contributed by atoms with Crippen LogP contribution >= 0.6 is 11.8 Å². The molecule has 2 aliphatic heterocycles. The van der Waals surface area contributed by atoms with Gasteiger partial charge in [-0.25, -0.2) is 0 Å². The molecule has 0 radical (unpaired) electrons. The SMILES string of the molecule is COc1cc(N2CCCC2)c(OC)cc1C=C1SC(=O)N(C(C)C)C1=O. The monoisotopic (exact) mass is 376 g/mol. The van der Waals surface area contributed by atoms with Gasteiger partial charge in [-0.15, -0.1) is 0 Å². The number of methoxy groups -OCH3 is 2. The van der Waals surface area contributed by atoms with Crippen molar-refractivity contribution in [2.75, 3.05) is 32.2 Å². The Labute approximate surface area is 158 Å². The first-order chi connectivity index (χ1) is 12.5. The zero-order chi connectivity index (χ0) is 18.8. The summed E-state index contributed by atoms with van der Waals surface area (Å²) in [4.78, 5) is 28.6. The molecule has 7 heteroatoms. The highest BCUT2D eigenvalue weighted by Gasteiger charge is 2.37. The highest BCUT2D eigenvalue weighted by Crippen LogP contribution is 2.40. The number of anilines is 1. The van der Waals surface area contributed by atoms with Gasteiger partial charge in [-0.1, -0.05) is 0 Å². The summed E-state index contributed by atoms with van der Waals surface area (Å²) in [5.74, 6) is 1.13. The van der Waals surface area contributed by atoms with E-state index in [-0.39, 0.29) is 17.2 Å². The molecule has 1 aromatic carbocycles. The Morgan fingerprint density at radius 2 is 1.73 bits per heavy atom. The molecule has 0 bridgehead atoms. The van der Waals surface area contributed by atoms with Crippen LogP contribution in [0.1, 0.15) is 32.3 Å². The van der Waals surface area contributed by atoms with Crippen molar-refractivity contribution in [1.29, 1.82) is 0 Å². The van der Waals surface area contributed by atoms with Crippen LogP contribution in [0.4, 0.5) is 10.5 Å². The zero-order valence-electron chi connectivity index (χ0n) is 15.6. The molecule has 2 saturated heterocycles. The van der Waals surface area contributed by atoms with E-state index in [1.807, 2.05) is 26.0 Å². The number of thioether (sulfide) groups is 1. The second-order valence-corrected chi connectivity index (χ2v) is 7.60. The fourth-order valence-corrected chi connectivity index (χ4v) is 4.24. The van der Waals surface area contributed by atoms with Crippen molar-refractivity contribution < 1.29 is 19.1 Å². The number of ether oxygens (including phenoxy) is 2. The number of hydrogen-bond acceptors (Lipinski definition) is 6. The van der Waals surface area contributed by atoms with Crippen molar-refractivity contribution >= 4 is 34.7 Å². The van der Waals surface area contributed by atoms with Gasteiger partial charge in [0.1, 0.15) is 11.5 Å². The minimum Gasteiger partial charge on any atom is -0.496 e. The average molecular weight is 376 g/mol.